The maximum atomic E-state index is 9.50. The quantitative estimate of drug-likeness (QED) is 0.0513. The minimum Gasteiger partial charge on any atom is -0.395 e. The van der Waals surface area contributed by atoms with Gasteiger partial charge in [-0.25, -0.2) is 19.6 Å². The first-order valence-corrected chi connectivity index (χ1v) is 20.3. The molecule has 1 aliphatic heterocycles. The Balaban J connectivity index is 1.08. The molecule has 5 fully saturated rings. The van der Waals surface area contributed by atoms with Crippen LogP contribution in [0.3, 0.4) is 0 Å². The van der Waals surface area contributed by atoms with Gasteiger partial charge in [-0.3, -0.25) is 52.9 Å². The van der Waals surface area contributed by atoms with E-state index in [1.807, 2.05) is 0 Å². The largest absolute Gasteiger partial charge is 0.395 e. The minimum atomic E-state index is -0.218. The van der Waals surface area contributed by atoms with Crippen molar-refractivity contribution in [2.24, 2.45) is 56.0 Å². The Morgan fingerprint density at radius 3 is 1.26 bits per heavy atom. The third kappa shape index (κ3) is 13.9. The zero-order valence-corrected chi connectivity index (χ0v) is 32.0. The van der Waals surface area contributed by atoms with E-state index in [2.05, 4.69) is 65.3 Å². The number of hydrogen-bond donors (Lipinski definition) is 11. The molecule has 19 heteroatoms. The summed E-state index contributed by atoms with van der Waals surface area (Å²) >= 11 is 0. The van der Waals surface area contributed by atoms with E-state index in [-0.39, 0.29) is 112 Å². The summed E-state index contributed by atoms with van der Waals surface area (Å²) in [5, 5.41) is 86.3. The summed E-state index contributed by atoms with van der Waals surface area (Å²) in [6.45, 7) is 5.95. The lowest BCUT2D eigenvalue weighted by Gasteiger charge is -2.44. The molecule has 0 bridgehead atoms. The molecule has 19 nitrogen and oxygen atoms in total. The smallest absolute Gasteiger partial charge is 0.116 e. The second-order valence-corrected chi connectivity index (χ2v) is 16.8. The van der Waals surface area contributed by atoms with E-state index in [0.29, 0.717) is 18.4 Å². The monoisotopic (exact) mass is 773 g/mol. The van der Waals surface area contributed by atoms with Crippen molar-refractivity contribution in [2.45, 2.75) is 146 Å². The highest BCUT2D eigenvalue weighted by molar-refractivity contribution is 4.92. The molecule has 0 amide bonds. The van der Waals surface area contributed by atoms with Crippen LogP contribution in [0.4, 0.5) is 0 Å². The van der Waals surface area contributed by atoms with Crippen molar-refractivity contribution >= 4 is 0 Å². The summed E-state index contributed by atoms with van der Waals surface area (Å²) < 4.78 is 0. The fraction of sp³-hybridized carbons (Fsp3) is 1.00. The summed E-state index contributed by atoms with van der Waals surface area (Å²) in [7, 11) is 0. The van der Waals surface area contributed by atoms with E-state index in [0.717, 1.165) is 77.0 Å². The van der Waals surface area contributed by atoms with Crippen LogP contribution in [-0.2, 0) is 19.6 Å². The van der Waals surface area contributed by atoms with Crippen LogP contribution >= 0.6 is 0 Å². The Morgan fingerprint density at radius 2 is 0.907 bits per heavy atom. The molecule has 4 aliphatic carbocycles. The number of nitrogens with one attached hydrogen (secondary N) is 6. The predicted molar refractivity (Wildman–Crippen MR) is 197 cm³/mol. The molecular weight excluding hydrogens is 704 g/mol. The average Bonchev–Trinajstić information content (AvgIpc) is 3.14. The van der Waals surface area contributed by atoms with Crippen molar-refractivity contribution < 1.29 is 45.7 Å². The maximum Gasteiger partial charge on any atom is 0.116 e. The van der Waals surface area contributed by atoms with E-state index in [4.69, 9.17) is 41.5 Å². The van der Waals surface area contributed by atoms with Crippen LogP contribution in [0.25, 0.3) is 0 Å². The van der Waals surface area contributed by atoms with Crippen LogP contribution < -0.4 is 31.9 Å². The maximum absolute atomic E-state index is 9.50. The molecule has 12 atom stereocenters. The normalized spacial score (nSPS) is 41.1. The third-order valence-electron chi connectivity index (χ3n) is 12.3. The number of azo groups is 2. The van der Waals surface area contributed by atoms with Crippen molar-refractivity contribution in [3.8, 4) is 0 Å². The molecule has 5 rings (SSSR count). The van der Waals surface area contributed by atoms with Gasteiger partial charge in [-0.2, -0.15) is 20.5 Å². The summed E-state index contributed by atoms with van der Waals surface area (Å²) in [4.78, 5) is 17.7. The van der Waals surface area contributed by atoms with Gasteiger partial charge >= 0.3 is 0 Å². The zero-order valence-electron chi connectivity index (χ0n) is 32.0. The van der Waals surface area contributed by atoms with Gasteiger partial charge in [0, 0.05) is 18.6 Å². The molecule has 1 heterocycles. The van der Waals surface area contributed by atoms with Crippen molar-refractivity contribution in [3.63, 3.8) is 0 Å². The van der Waals surface area contributed by atoms with Crippen molar-refractivity contribution in [3.05, 3.63) is 0 Å². The van der Waals surface area contributed by atoms with E-state index >= 15 is 0 Å². The van der Waals surface area contributed by atoms with E-state index in [1.165, 1.54) is 0 Å². The Bertz CT molecular complexity index is 1010. The zero-order chi connectivity index (χ0) is 38.3. The van der Waals surface area contributed by atoms with Gasteiger partial charge in [0.15, 0.2) is 0 Å². The highest BCUT2D eigenvalue weighted by Gasteiger charge is 2.36. The van der Waals surface area contributed by atoms with Gasteiger partial charge in [-0.15, -0.1) is 0 Å². The van der Waals surface area contributed by atoms with E-state index in [9.17, 15) is 5.11 Å². The van der Waals surface area contributed by atoms with E-state index < -0.39 is 0 Å². The summed E-state index contributed by atoms with van der Waals surface area (Å²) in [5.41, 5.74) is 0. The molecule has 11 N–H and O–H groups in total. The third-order valence-corrected chi connectivity index (χ3v) is 12.3. The number of aliphatic hydroxyl groups excluding tert-OH is 1. The second-order valence-electron chi connectivity index (χ2n) is 16.8. The SMILES string of the molecule is CC1CC(NC2NC(NCCO)NC(NC3CCC(N=NC4CC(COO)CC(COO)C4)C(C)C3)N2)CCC1N=NC1CC(COO)CC(COO)C1. The van der Waals surface area contributed by atoms with Gasteiger partial charge in [0.05, 0.1) is 57.2 Å². The summed E-state index contributed by atoms with van der Waals surface area (Å²) in [6, 6.07) is 0.882. The minimum absolute atomic E-state index is 0.0192. The molecule has 0 radical (unpaired) electrons. The van der Waals surface area contributed by atoms with E-state index in [1.54, 1.807) is 0 Å². The molecule has 12 unspecified atom stereocenters. The Labute approximate surface area is 318 Å². The second kappa shape index (κ2) is 23.1. The van der Waals surface area contributed by atoms with Crippen molar-refractivity contribution in [1.82, 2.24) is 31.9 Å². The lowest BCUT2D eigenvalue weighted by molar-refractivity contribution is -0.263. The Hall–Kier alpha value is -1.40. The lowest BCUT2D eigenvalue weighted by atomic mass is 9.79. The summed E-state index contributed by atoms with van der Waals surface area (Å²) in [6.07, 6.45) is 9.94. The molecular formula is C35H68N10O9. The molecule has 4 saturated carbocycles. The first-order chi connectivity index (χ1) is 26.3. The van der Waals surface area contributed by atoms with Gasteiger partial charge < -0.3 is 5.11 Å². The lowest BCUT2D eigenvalue weighted by Crippen LogP contribution is -2.78. The van der Waals surface area contributed by atoms with Gasteiger partial charge in [0.2, 0.25) is 0 Å². The van der Waals surface area contributed by atoms with Crippen LogP contribution in [0, 0.1) is 35.5 Å². The van der Waals surface area contributed by atoms with Crippen molar-refractivity contribution in [1.29, 1.82) is 0 Å². The van der Waals surface area contributed by atoms with Gasteiger partial charge in [0.1, 0.15) is 18.9 Å². The molecule has 5 aliphatic rings. The molecule has 0 aromatic heterocycles. The van der Waals surface area contributed by atoms with Crippen molar-refractivity contribution in [2.75, 3.05) is 39.6 Å². The van der Waals surface area contributed by atoms with Gasteiger partial charge in [-0.1, -0.05) is 13.8 Å². The molecule has 0 spiro atoms. The molecule has 0 aromatic rings. The topological polar surface area (TPSA) is 260 Å². The fourth-order valence-electron chi connectivity index (χ4n) is 9.61. The Kier molecular flexibility index (Phi) is 18.7. The van der Waals surface area contributed by atoms with Crippen LogP contribution in [0.1, 0.15) is 90.9 Å². The molecule has 0 aromatic carbocycles. The van der Waals surface area contributed by atoms with Crippen LogP contribution in [0.2, 0.25) is 0 Å². The average molecular weight is 773 g/mol. The highest BCUT2D eigenvalue weighted by atomic mass is 17.1. The van der Waals surface area contributed by atoms with Crippen LogP contribution in [0.15, 0.2) is 20.5 Å². The highest BCUT2D eigenvalue weighted by Crippen LogP contribution is 2.35. The first-order valence-electron chi connectivity index (χ1n) is 20.3. The van der Waals surface area contributed by atoms with Gasteiger partial charge in [0.25, 0.3) is 0 Å². The standard InChI is InChI=1S/C35H68N10O9/c1-21-9-27(3-5-31(21)44-42-29-13-23(17-51-47)11-24(14-29)18-52-48)37-34-39-33(36-7-8-46)40-35(41-34)38-28-4-6-32(22(2)10-28)45-43-30-15-25(19-53-49)12-26(16-30)20-54-50/h21-41,46-50H,3-20H2,1-2H3. The van der Waals surface area contributed by atoms with Crippen LogP contribution in [0.5, 0.6) is 0 Å². The number of aliphatic hydroxyl groups is 1. The summed E-state index contributed by atoms with van der Waals surface area (Å²) in [5.74, 6) is 1.29. The molecule has 1 saturated heterocycles. The number of hydrogen-bond acceptors (Lipinski definition) is 19. The van der Waals surface area contributed by atoms with Gasteiger partial charge in [-0.05, 0) is 113 Å². The fourth-order valence-corrected chi connectivity index (χ4v) is 9.61. The predicted octanol–water partition coefficient (Wildman–Crippen LogP) is 2.93. The van der Waals surface area contributed by atoms with Crippen LogP contribution in [-0.4, -0.2) is 121 Å². The number of nitrogens with zero attached hydrogens (tertiary/aromatic N) is 4. The number of rotatable bonds is 19. The molecule has 312 valence electrons. The molecule has 54 heavy (non-hydrogen) atoms. The first kappa shape index (κ1) is 43.7. The Morgan fingerprint density at radius 1 is 0.519 bits per heavy atom.